The van der Waals surface area contributed by atoms with Crippen LogP contribution in [0.1, 0.15) is 40.4 Å². The van der Waals surface area contributed by atoms with Gasteiger partial charge in [0.25, 0.3) is 0 Å². The summed E-state index contributed by atoms with van der Waals surface area (Å²) in [5, 5.41) is 0.641. The van der Waals surface area contributed by atoms with Crippen LogP contribution in [0, 0.1) is 0 Å². The number of benzene rings is 3. The highest BCUT2D eigenvalue weighted by molar-refractivity contribution is 7.91. The molecule has 7 heteroatoms. The highest BCUT2D eigenvalue weighted by atomic mass is 32.2. The zero-order valence-corrected chi connectivity index (χ0v) is 18.1. The molecule has 1 unspecified atom stereocenters. The number of rotatable bonds is 7. The van der Waals surface area contributed by atoms with Crippen LogP contribution in [0.15, 0.2) is 89.8 Å². The molecule has 0 bridgehead atoms. The van der Waals surface area contributed by atoms with Gasteiger partial charge in [0.1, 0.15) is 0 Å². The number of carbonyl (C=O) groups excluding carboxylic acids is 2. The van der Waals surface area contributed by atoms with Gasteiger partial charge in [0, 0.05) is 28.5 Å². The first-order valence-electron chi connectivity index (χ1n) is 10.1. The second-order valence-electron chi connectivity index (χ2n) is 7.26. The lowest BCUT2D eigenvalue weighted by Crippen LogP contribution is -2.20. The second-order valence-corrected chi connectivity index (χ2v) is 9.24. The predicted octanol–water partition coefficient (Wildman–Crippen LogP) is 4.82. The van der Waals surface area contributed by atoms with Crippen LogP contribution in [0.2, 0.25) is 0 Å². The lowest BCUT2D eigenvalue weighted by atomic mass is 10.0. The molecule has 1 heterocycles. The first-order chi connectivity index (χ1) is 15.4. The van der Waals surface area contributed by atoms with Crippen molar-refractivity contribution in [1.82, 2.24) is 4.98 Å². The molecule has 3 aromatic carbocycles. The number of aromatic amines is 1. The van der Waals surface area contributed by atoms with Crippen molar-refractivity contribution in [2.24, 2.45) is 0 Å². The van der Waals surface area contributed by atoms with Gasteiger partial charge in [-0.25, -0.2) is 8.42 Å². The normalized spacial score (nSPS) is 12.4. The van der Waals surface area contributed by atoms with E-state index in [1.54, 1.807) is 73.7 Å². The number of aromatic nitrogens is 1. The molecule has 4 aromatic rings. The van der Waals surface area contributed by atoms with E-state index in [4.69, 9.17) is 4.74 Å². The van der Waals surface area contributed by atoms with Gasteiger partial charge in [0.15, 0.2) is 5.78 Å². The molecule has 6 nitrogen and oxygen atoms in total. The van der Waals surface area contributed by atoms with Crippen molar-refractivity contribution in [1.29, 1.82) is 0 Å². The van der Waals surface area contributed by atoms with Crippen LogP contribution in [-0.2, 0) is 19.4 Å². The van der Waals surface area contributed by atoms with E-state index in [9.17, 15) is 18.0 Å². The van der Waals surface area contributed by atoms with Crippen molar-refractivity contribution in [3.63, 3.8) is 0 Å². The maximum atomic E-state index is 13.3. The number of esters is 1. The molecule has 0 saturated heterocycles. The van der Waals surface area contributed by atoms with Crippen molar-refractivity contribution in [3.05, 3.63) is 102 Å². The number of nitrogens with one attached hydrogen (secondary N) is 1. The summed E-state index contributed by atoms with van der Waals surface area (Å²) in [4.78, 5) is 27.9. The number of hydrogen-bond donors (Lipinski definition) is 1. The first-order valence-corrected chi connectivity index (χ1v) is 11.7. The number of hydrogen-bond acceptors (Lipinski definition) is 5. The van der Waals surface area contributed by atoms with E-state index < -0.39 is 21.2 Å². The minimum Gasteiger partial charge on any atom is -0.439 e. The molecule has 0 saturated carbocycles. The predicted molar refractivity (Wildman–Crippen MR) is 121 cm³/mol. The van der Waals surface area contributed by atoms with E-state index in [2.05, 4.69) is 4.98 Å². The Labute approximate surface area is 185 Å². The highest BCUT2D eigenvalue weighted by Crippen LogP contribution is 2.32. The van der Waals surface area contributed by atoms with Crippen molar-refractivity contribution in [3.8, 4) is 0 Å². The Balaban J connectivity index is 1.76. The van der Waals surface area contributed by atoms with Crippen LogP contribution in [0.4, 0.5) is 0 Å². The maximum absolute atomic E-state index is 13.3. The van der Waals surface area contributed by atoms with E-state index in [0.29, 0.717) is 22.0 Å². The van der Waals surface area contributed by atoms with Gasteiger partial charge in [0.05, 0.1) is 10.6 Å². The van der Waals surface area contributed by atoms with Gasteiger partial charge in [-0.15, -0.1) is 0 Å². The summed E-state index contributed by atoms with van der Waals surface area (Å²) in [6.45, 7) is 1.60. The molecule has 32 heavy (non-hydrogen) atoms. The number of ether oxygens (including phenoxy) is 1. The molecular formula is C25H21NO5S. The van der Waals surface area contributed by atoms with Gasteiger partial charge in [-0.3, -0.25) is 9.59 Å². The van der Waals surface area contributed by atoms with Crippen LogP contribution in [0.25, 0.3) is 10.9 Å². The summed E-state index contributed by atoms with van der Waals surface area (Å²) in [6, 6.07) is 23.4. The highest BCUT2D eigenvalue weighted by Gasteiger charge is 2.33. The van der Waals surface area contributed by atoms with Crippen molar-refractivity contribution < 1.29 is 22.7 Å². The zero-order chi connectivity index (χ0) is 22.7. The van der Waals surface area contributed by atoms with Gasteiger partial charge in [-0.05, 0) is 36.4 Å². The molecule has 0 aliphatic carbocycles. The Morgan fingerprint density at radius 3 is 2.19 bits per heavy atom. The third-order valence-electron chi connectivity index (χ3n) is 5.07. The van der Waals surface area contributed by atoms with Crippen LogP contribution in [0.3, 0.4) is 0 Å². The Kier molecular flexibility index (Phi) is 5.92. The monoisotopic (exact) mass is 447 g/mol. The molecule has 0 spiro atoms. The van der Waals surface area contributed by atoms with Gasteiger partial charge >= 0.3 is 5.97 Å². The molecular weight excluding hydrogens is 426 g/mol. The number of sulfone groups is 1. The summed E-state index contributed by atoms with van der Waals surface area (Å²) in [5.74, 6) is -0.769. The number of fused-ring (bicyclic) bond motifs is 1. The molecule has 0 aliphatic rings. The van der Waals surface area contributed by atoms with E-state index in [-0.39, 0.29) is 22.8 Å². The van der Waals surface area contributed by atoms with E-state index in [0.717, 1.165) is 0 Å². The number of H-pyrrole nitrogens is 1. The standard InChI is InChI=1S/C25H21NO5S/c1-2-23(27)31-25(32(29,30)20-11-7-4-8-12-20)22-16-19-15-18(13-14-21(19)26-22)24(28)17-9-5-3-6-10-17/h3-16,25-26H,2H2,1H3. The molecule has 1 atom stereocenters. The van der Waals surface area contributed by atoms with Gasteiger partial charge in [0.2, 0.25) is 15.3 Å². The molecule has 0 fully saturated rings. The molecule has 0 aliphatic heterocycles. The fourth-order valence-electron chi connectivity index (χ4n) is 3.41. The van der Waals surface area contributed by atoms with Gasteiger partial charge < -0.3 is 9.72 Å². The minimum absolute atomic E-state index is 0.0385. The Morgan fingerprint density at radius 1 is 0.875 bits per heavy atom. The fourth-order valence-corrected chi connectivity index (χ4v) is 4.89. The van der Waals surface area contributed by atoms with Crippen molar-refractivity contribution >= 4 is 32.5 Å². The molecule has 4 rings (SSSR count). The van der Waals surface area contributed by atoms with E-state index in [1.165, 1.54) is 12.1 Å². The second kappa shape index (κ2) is 8.80. The zero-order valence-electron chi connectivity index (χ0n) is 17.3. The maximum Gasteiger partial charge on any atom is 0.307 e. The van der Waals surface area contributed by atoms with Gasteiger partial charge in [-0.1, -0.05) is 55.5 Å². The summed E-state index contributed by atoms with van der Waals surface area (Å²) < 4.78 is 31.9. The molecule has 1 aromatic heterocycles. The largest absolute Gasteiger partial charge is 0.439 e. The first kappa shape index (κ1) is 21.5. The topological polar surface area (TPSA) is 93.3 Å². The lowest BCUT2D eigenvalue weighted by molar-refractivity contribution is -0.145. The fraction of sp³-hybridized carbons (Fsp3) is 0.120. The lowest BCUT2D eigenvalue weighted by Gasteiger charge is -2.17. The van der Waals surface area contributed by atoms with E-state index >= 15 is 0 Å². The third-order valence-corrected chi connectivity index (χ3v) is 6.92. The Hall–Kier alpha value is -3.71. The Bertz CT molecular complexity index is 1380. The number of carbonyl (C=O) groups is 2. The van der Waals surface area contributed by atoms with Crippen LogP contribution in [0.5, 0.6) is 0 Å². The van der Waals surface area contributed by atoms with Crippen LogP contribution >= 0.6 is 0 Å². The quantitative estimate of drug-likeness (QED) is 0.324. The van der Waals surface area contributed by atoms with Crippen molar-refractivity contribution in [2.75, 3.05) is 0 Å². The minimum atomic E-state index is -4.02. The number of ketones is 1. The van der Waals surface area contributed by atoms with E-state index in [1.807, 2.05) is 6.07 Å². The molecule has 1 N–H and O–H groups in total. The van der Waals surface area contributed by atoms with Crippen molar-refractivity contribution in [2.45, 2.75) is 23.7 Å². The van der Waals surface area contributed by atoms with Crippen LogP contribution < -0.4 is 0 Å². The van der Waals surface area contributed by atoms with Crippen LogP contribution in [-0.4, -0.2) is 25.2 Å². The summed E-state index contributed by atoms with van der Waals surface area (Å²) in [6.07, 6.45) is 0.0385. The molecule has 162 valence electrons. The molecule has 0 radical (unpaired) electrons. The smallest absolute Gasteiger partial charge is 0.307 e. The molecule has 0 amide bonds. The Morgan fingerprint density at radius 2 is 1.53 bits per heavy atom. The average molecular weight is 448 g/mol. The average Bonchev–Trinajstić information content (AvgIpc) is 3.25. The SMILES string of the molecule is CCC(=O)OC(c1cc2cc(C(=O)c3ccccc3)ccc2[nH]1)S(=O)(=O)c1ccccc1. The third kappa shape index (κ3) is 4.20. The summed E-state index contributed by atoms with van der Waals surface area (Å²) in [5.41, 5.74) is 0.352. The van der Waals surface area contributed by atoms with Gasteiger partial charge in [-0.2, -0.15) is 0 Å². The summed E-state index contributed by atoms with van der Waals surface area (Å²) in [7, 11) is -4.02. The summed E-state index contributed by atoms with van der Waals surface area (Å²) >= 11 is 0.